The van der Waals surface area contributed by atoms with E-state index in [4.69, 9.17) is 9.57 Å². The van der Waals surface area contributed by atoms with E-state index < -0.39 is 15.7 Å². The summed E-state index contributed by atoms with van der Waals surface area (Å²) in [5, 5.41) is 8.59. The highest BCUT2D eigenvalue weighted by Gasteiger charge is 2.36. The average molecular weight is 472 g/mol. The first-order chi connectivity index (χ1) is 15.5. The van der Waals surface area contributed by atoms with Gasteiger partial charge in [0.05, 0.1) is 17.3 Å². The monoisotopic (exact) mass is 471 g/mol. The molecule has 1 aromatic heterocycles. The van der Waals surface area contributed by atoms with Crippen LogP contribution in [0.2, 0.25) is 0 Å². The van der Waals surface area contributed by atoms with E-state index in [0.29, 0.717) is 29.3 Å². The van der Waals surface area contributed by atoms with Gasteiger partial charge in [-0.3, -0.25) is 10.1 Å². The van der Waals surface area contributed by atoms with E-state index in [1.807, 2.05) is 24.3 Å². The van der Waals surface area contributed by atoms with Gasteiger partial charge in [0, 0.05) is 17.1 Å². The maximum Gasteiger partial charge on any atom is 0.280 e. The second kappa shape index (κ2) is 9.49. The van der Waals surface area contributed by atoms with Gasteiger partial charge >= 0.3 is 0 Å². The zero-order valence-electron chi connectivity index (χ0n) is 17.2. The minimum atomic E-state index is -3.32. The van der Waals surface area contributed by atoms with Gasteiger partial charge in [0.25, 0.3) is 5.91 Å². The van der Waals surface area contributed by atoms with E-state index in [1.165, 1.54) is 23.5 Å². The smallest absolute Gasteiger partial charge is 0.280 e. The third-order valence-electron chi connectivity index (χ3n) is 4.81. The summed E-state index contributed by atoms with van der Waals surface area (Å²) in [6.07, 6.45) is 2.95. The fraction of sp³-hybridized carbons (Fsp3) is 0.227. The van der Waals surface area contributed by atoms with Gasteiger partial charge in [-0.25, -0.2) is 13.4 Å². The standard InChI is InChI=1S/C22H21N3O5S2/c1-29-17-4-2-3-15(13-17)14-30-25-20(21(26)24-22-23-11-12-31-22)16-5-7-18(8-6-16)32(27,28)19-9-10-19/h2-8,11-13,19H,9-10,14H2,1H3,(H,23,24,26)/b25-20+. The highest BCUT2D eigenvalue weighted by molar-refractivity contribution is 7.92. The average Bonchev–Trinajstić information content (AvgIpc) is 3.55. The Balaban J connectivity index is 1.56. The fourth-order valence-electron chi connectivity index (χ4n) is 2.97. The Hall–Kier alpha value is -3.24. The highest BCUT2D eigenvalue weighted by atomic mass is 32.2. The Labute approximate surface area is 189 Å². The molecule has 4 rings (SSSR count). The number of hydrogen-bond acceptors (Lipinski definition) is 8. The second-order valence-corrected chi connectivity index (χ2v) is 10.2. The van der Waals surface area contributed by atoms with Crippen LogP contribution in [-0.2, 0) is 26.1 Å². The first kappa shape index (κ1) is 22.0. The number of rotatable bonds is 9. The van der Waals surface area contributed by atoms with Crippen LogP contribution in [0, 0.1) is 0 Å². The van der Waals surface area contributed by atoms with Crippen molar-refractivity contribution in [1.29, 1.82) is 0 Å². The van der Waals surface area contributed by atoms with E-state index in [0.717, 1.165) is 5.56 Å². The number of carbonyl (C=O) groups excluding carboxylic acids is 1. The van der Waals surface area contributed by atoms with Crippen molar-refractivity contribution in [3.8, 4) is 5.75 Å². The minimum Gasteiger partial charge on any atom is -0.497 e. The molecule has 0 spiro atoms. The molecule has 1 heterocycles. The molecule has 1 N–H and O–H groups in total. The summed E-state index contributed by atoms with van der Waals surface area (Å²) in [6, 6.07) is 13.4. The SMILES string of the molecule is COc1cccc(CO/N=C(/C(=O)Nc2nccs2)c2ccc(S(=O)(=O)C3CC3)cc2)c1. The van der Waals surface area contributed by atoms with Crippen molar-refractivity contribution in [3.05, 3.63) is 71.2 Å². The van der Waals surface area contributed by atoms with Crippen molar-refractivity contribution >= 4 is 37.9 Å². The maximum absolute atomic E-state index is 12.9. The van der Waals surface area contributed by atoms with E-state index in [9.17, 15) is 13.2 Å². The van der Waals surface area contributed by atoms with Crippen molar-refractivity contribution in [3.63, 3.8) is 0 Å². The van der Waals surface area contributed by atoms with Crippen LogP contribution in [0.1, 0.15) is 24.0 Å². The van der Waals surface area contributed by atoms with Crippen LogP contribution in [0.25, 0.3) is 0 Å². The molecule has 10 heteroatoms. The molecule has 1 fully saturated rings. The Bertz CT molecular complexity index is 1220. The topological polar surface area (TPSA) is 107 Å². The molecule has 166 valence electrons. The first-order valence-electron chi connectivity index (χ1n) is 9.85. The van der Waals surface area contributed by atoms with Crippen LogP contribution in [-0.4, -0.2) is 37.4 Å². The van der Waals surface area contributed by atoms with Crippen LogP contribution < -0.4 is 10.1 Å². The van der Waals surface area contributed by atoms with Crippen LogP contribution >= 0.6 is 11.3 Å². The number of sulfone groups is 1. The van der Waals surface area contributed by atoms with Crippen LogP contribution in [0.5, 0.6) is 5.75 Å². The number of oxime groups is 1. The molecule has 32 heavy (non-hydrogen) atoms. The van der Waals surface area contributed by atoms with Crippen LogP contribution in [0.3, 0.4) is 0 Å². The van der Waals surface area contributed by atoms with E-state index in [1.54, 1.807) is 30.8 Å². The third kappa shape index (κ3) is 5.14. The molecule has 0 aliphatic heterocycles. The zero-order valence-corrected chi connectivity index (χ0v) is 18.9. The highest BCUT2D eigenvalue weighted by Crippen LogP contribution is 2.33. The molecular weight excluding hydrogens is 450 g/mol. The predicted octanol–water partition coefficient (Wildman–Crippen LogP) is 3.65. The number of nitrogens with one attached hydrogen (secondary N) is 1. The molecule has 8 nitrogen and oxygen atoms in total. The number of benzene rings is 2. The summed E-state index contributed by atoms with van der Waals surface area (Å²) in [4.78, 5) is 22.6. The number of thiazole rings is 1. The summed E-state index contributed by atoms with van der Waals surface area (Å²) in [7, 11) is -1.75. The van der Waals surface area contributed by atoms with E-state index in [-0.39, 0.29) is 22.5 Å². The number of anilines is 1. The van der Waals surface area contributed by atoms with Crippen molar-refractivity contribution in [1.82, 2.24) is 4.98 Å². The Morgan fingerprint density at radius 3 is 2.66 bits per heavy atom. The van der Waals surface area contributed by atoms with Crippen molar-refractivity contribution in [2.75, 3.05) is 12.4 Å². The lowest BCUT2D eigenvalue weighted by molar-refractivity contribution is -0.110. The molecule has 3 aromatic rings. The number of carbonyl (C=O) groups is 1. The molecule has 0 saturated heterocycles. The molecule has 1 saturated carbocycles. The van der Waals surface area contributed by atoms with E-state index in [2.05, 4.69) is 15.5 Å². The number of ether oxygens (including phenoxy) is 1. The first-order valence-corrected chi connectivity index (χ1v) is 12.3. The van der Waals surface area contributed by atoms with Gasteiger partial charge in [0.2, 0.25) is 0 Å². The molecule has 1 aliphatic carbocycles. The van der Waals surface area contributed by atoms with Gasteiger partial charge in [-0.05, 0) is 42.7 Å². The Morgan fingerprint density at radius 2 is 2.00 bits per heavy atom. The maximum atomic E-state index is 12.9. The predicted molar refractivity (Wildman–Crippen MR) is 122 cm³/mol. The van der Waals surface area contributed by atoms with Gasteiger partial charge < -0.3 is 9.57 Å². The molecule has 0 radical (unpaired) electrons. The summed E-state index contributed by atoms with van der Waals surface area (Å²) in [5.74, 6) is 0.174. The van der Waals surface area contributed by atoms with Gasteiger partial charge in [0.1, 0.15) is 12.4 Å². The Kier molecular flexibility index (Phi) is 6.52. The van der Waals surface area contributed by atoms with Gasteiger partial charge in [-0.1, -0.05) is 29.4 Å². The van der Waals surface area contributed by atoms with Gasteiger partial charge in [-0.2, -0.15) is 0 Å². The minimum absolute atomic E-state index is 0.0125. The molecule has 0 atom stereocenters. The normalized spacial score (nSPS) is 14.1. The molecule has 1 amide bonds. The number of nitrogens with zero attached hydrogens (tertiary/aromatic N) is 2. The lowest BCUT2D eigenvalue weighted by Crippen LogP contribution is -2.24. The second-order valence-electron chi connectivity index (χ2n) is 7.12. The largest absolute Gasteiger partial charge is 0.497 e. The summed E-state index contributed by atoms with van der Waals surface area (Å²) in [6.45, 7) is 0.124. The fourth-order valence-corrected chi connectivity index (χ4v) is 5.15. The van der Waals surface area contributed by atoms with Crippen LogP contribution in [0.4, 0.5) is 5.13 Å². The summed E-state index contributed by atoms with van der Waals surface area (Å²) in [5.41, 5.74) is 1.26. The van der Waals surface area contributed by atoms with Gasteiger partial charge in [0.15, 0.2) is 20.7 Å². The number of aromatic nitrogens is 1. The molecule has 0 unspecified atom stereocenters. The van der Waals surface area contributed by atoms with Crippen molar-refractivity contribution in [2.45, 2.75) is 29.6 Å². The summed E-state index contributed by atoms with van der Waals surface area (Å²) < 4.78 is 30.1. The molecule has 1 aliphatic rings. The summed E-state index contributed by atoms with van der Waals surface area (Å²) >= 11 is 1.27. The lowest BCUT2D eigenvalue weighted by Gasteiger charge is -2.09. The third-order valence-corrected chi connectivity index (χ3v) is 7.78. The quantitative estimate of drug-likeness (QED) is 0.377. The molecule has 0 bridgehead atoms. The Morgan fingerprint density at radius 1 is 1.22 bits per heavy atom. The number of amides is 1. The van der Waals surface area contributed by atoms with Crippen molar-refractivity contribution < 1.29 is 22.8 Å². The molecule has 2 aromatic carbocycles. The molecular formula is C22H21N3O5S2. The number of hydrogen-bond donors (Lipinski definition) is 1. The zero-order chi connectivity index (χ0) is 22.6. The number of methoxy groups -OCH3 is 1. The van der Waals surface area contributed by atoms with Crippen molar-refractivity contribution in [2.24, 2.45) is 5.16 Å². The van der Waals surface area contributed by atoms with E-state index >= 15 is 0 Å². The van der Waals surface area contributed by atoms with Gasteiger partial charge in [-0.15, -0.1) is 11.3 Å². The lowest BCUT2D eigenvalue weighted by atomic mass is 10.1. The van der Waals surface area contributed by atoms with Crippen LogP contribution in [0.15, 0.2) is 70.2 Å².